The van der Waals surface area contributed by atoms with Crippen molar-refractivity contribution in [3.05, 3.63) is 75.9 Å². The standard InChI is InChI=1S/C26H27N3O3/c1-3-14-29-21-12-6-5-11-20(21)27-24(29)18-9-8-15-28(16-18)25(30)23-17(2)19-10-4-7-13-22(19)32-26(23)31/h4-7,10-13,18H,3,8-9,14-16H2,1-2H3. The second kappa shape index (κ2) is 8.26. The van der Waals surface area contributed by atoms with Gasteiger partial charge in [-0.15, -0.1) is 0 Å². The minimum absolute atomic E-state index is 0.138. The van der Waals surface area contributed by atoms with Crippen LogP contribution in [0.4, 0.5) is 0 Å². The van der Waals surface area contributed by atoms with E-state index in [0.717, 1.165) is 48.1 Å². The van der Waals surface area contributed by atoms with Crippen LogP contribution in [0, 0.1) is 6.92 Å². The van der Waals surface area contributed by atoms with Gasteiger partial charge < -0.3 is 13.9 Å². The van der Waals surface area contributed by atoms with Crippen molar-refractivity contribution in [1.82, 2.24) is 14.5 Å². The summed E-state index contributed by atoms with van der Waals surface area (Å²) in [6.45, 7) is 6.08. The molecule has 1 fully saturated rings. The summed E-state index contributed by atoms with van der Waals surface area (Å²) >= 11 is 0. The molecule has 0 radical (unpaired) electrons. The lowest BCUT2D eigenvalue weighted by molar-refractivity contribution is 0.0698. The van der Waals surface area contributed by atoms with Gasteiger partial charge in [0.25, 0.3) is 5.91 Å². The summed E-state index contributed by atoms with van der Waals surface area (Å²) in [5, 5.41) is 0.800. The maximum Gasteiger partial charge on any atom is 0.349 e. The van der Waals surface area contributed by atoms with Crippen molar-refractivity contribution in [3.63, 3.8) is 0 Å². The average Bonchev–Trinajstić information content (AvgIpc) is 3.18. The number of hydrogen-bond acceptors (Lipinski definition) is 4. The Morgan fingerprint density at radius 3 is 2.78 bits per heavy atom. The minimum Gasteiger partial charge on any atom is -0.422 e. The molecule has 1 saturated heterocycles. The van der Waals surface area contributed by atoms with E-state index in [4.69, 9.17) is 9.40 Å². The molecule has 0 bridgehead atoms. The Hall–Kier alpha value is -3.41. The summed E-state index contributed by atoms with van der Waals surface area (Å²) in [7, 11) is 0. The molecule has 1 aliphatic heterocycles. The lowest BCUT2D eigenvalue weighted by Gasteiger charge is -2.33. The van der Waals surface area contributed by atoms with Crippen molar-refractivity contribution in [2.24, 2.45) is 0 Å². The van der Waals surface area contributed by atoms with Crippen molar-refractivity contribution in [2.75, 3.05) is 13.1 Å². The molecule has 32 heavy (non-hydrogen) atoms. The number of imidazole rings is 1. The minimum atomic E-state index is -0.563. The molecule has 0 N–H and O–H groups in total. The van der Waals surface area contributed by atoms with Crippen LogP contribution in [-0.4, -0.2) is 33.4 Å². The van der Waals surface area contributed by atoms with Crippen molar-refractivity contribution in [2.45, 2.75) is 45.6 Å². The predicted molar refractivity (Wildman–Crippen MR) is 125 cm³/mol. The number of aromatic nitrogens is 2. The van der Waals surface area contributed by atoms with E-state index < -0.39 is 5.63 Å². The van der Waals surface area contributed by atoms with Gasteiger partial charge in [0.15, 0.2) is 0 Å². The van der Waals surface area contributed by atoms with E-state index in [-0.39, 0.29) is 17.4 Å². The number of likely N-dealkylation sites (tertiary alicyclic amines) is 1. The van der Waals surface area contributed by atoms with Gasteiger partial charge in [0.05, 0.1) is 11.0 Å². The van der Waals surface area contributed by atoms with Crippen molar-refractivity contribution >= 4 is 27.9 Å². The molecule has 5 rings (SSSR count). The Kier molecular flexibility index (Phi) is 5.29. The Morgan fingerprint density at radius 2 is 1.94 bits per heavy atom. The maximum absolute atomic E-state index is 13.5. The van der Waals surface area contributed by atoms with Crippen LogP contribution >= 0.6 is 0 Å². The Labute approximate surface area is 186 Å². The summed E-state index contributed by atoms with van der Waals surface area (Å²) < 4.78 is 7.76. The fraction of sp³-hybridized carbons (Fsp3) is 0.346. The summed E-state index contributed by atoms with van der Waals surface area (Å²) in [5.41, 5.74) is 2.90. The molecule has 6 heteroatoms. The molecule has 1 amide bonds. The number of carbonyl (C=O) groups is 1. The first-order valence-electron chi connectivity index (χ1n) is 11.4. The SMILES string of the molecule is CCCn1c(C2CCCN(C(=O)c3c(C)c4ccccc4oc3=O)C2)nc2ccccc21. The van der Waals surface area contributed by atoms with Crippen molar-refractivity contribution in [3.8, 4) is 0 Å². The van der Waals surface area contributed by atoms with E-state index in [1.165, 1.54) is 0 Å². The number of nitrogens with zero attached hydrogens (tertiary/aromatic N) is 3. The zero-order chi connectivity index (χ0) is 22.2. The summed E-state index contributed by atoms with van der Waals surface area (Å²) in [6, 6.07) is 15.6. The van der Waals surface area contributed by atoms with Gasteiger partial charge in [-0.25, -0.2) is 9.78 Å². The lowest BCUT2D eigenvalue weighted by Crippen LogP contribution is -2.41. The molecule has 1 aliphatic rings. The van der Waals surface area contributed by atoms with E-state index in [9.17, 15) is 9.59 Å². The molecule has 6 nitrogen and oxygen atoms in total. The Morgan fingerprint density at radius 1 is 1.16 bits per heavy atom. The Balaban J connectivity index is 1.50. The third kappa shape index (κ3) is 3.40. The van der Waals surface area contributed by atoms with E-state index in [2.05, 4.69) is 17.6 Å². The van der Waals surface area contributed by atoms with E-state index in [0.29, 0.717) is 24.2 Å². The highest BCUT2D eigenvalue weighted by Gasteiger charge is 2.31. The molecule has 3 heterocycles. The quantitative estimate of drug-likeness (QED) is 0.434. The van der Waals surface area contributed by atoms with Crippen LogP contribution in [0.5, 0.6) is 0 Å². The van der Waals surface area contributed by atoms with Crippen LogP contribution in [0.2, 0.25) is 0 Å². The van der Waals surface area contributed by atoms with Crippen molar-refractivity contribution < 1.29 is 9.21 Å². The second-order valence-corrected chi connectivity index (χ2v) is 8.59. The van der Waals surface area contributed by atoms with Gasteiger partial charge in [0, 0.05) is 30.9 Å². The molecular formula is C26H27N3O3. The topological polar surface area (TPSA) is 68.3 Å². The summed E-state index contributed by atoms with van der Waals surface area (Å²) in [4.78, 5) is 32.9. The Bertz CT molecular complexity index is 1370. The van der Waals surface area contributed by atoms with Crippen LogP contribution in [0.25, 0.3) is 22.0 Å². The number of aryl methyl sites for hydroxylation is 2. The summed E-state index contributed by atoms with van der Waals surface area (Å²) in [6.07, 6.45) is 2.87. The first-order valence-corrected chi connectivity index (χ1v) is 11.4. The molecule has 0 aliphatic carbocycles. The molecule has 2 aromatic heterocycles. The monoisotopic (exact) mass is 429 g/mol. The molecule has 1 atom stereocenters. The van der Waals surface area contributed by atoms with Gasteiger partial charge in [-0.1, -0.05) is 37.3 Å². The molecule has 2 aromatic carbocycles. The highest BCUT2D eigenvalue weighted by atomic mass is 16.4. The average molecular weight is 430 g/mol. The first kappa shape index (κ1) is 20.5. The molecule has 4 aromatic rings. The molecule has 164 valence electrons. The number of rotatable bonds is 4. The normalized spacial score (nSPS) is 16.7. The number of benzene rings is 2. The fourth-order valence-corrected chi connectivity index (χ4v) is 4.95. The zero-order valence-corrected chi connectivity index (χ0v) is 18.5. The van der Waals surface area contributed by atoms with E-state index in [1.54, 1.807) is 11.0 Å². The van der Waals surface area contributed by atoms with E-state index in [1.807, 2.05) is 43.3 Å². The largest absolute Gasteiger partial charge is 0.422 e. The number of para-hydroxylation sites is 3. The number of carbonyl (C=O) groups excluding carboxylic acids is 1. The maximum atomic E-state index is 13.5. The fourth-order valence-electron chi connectivity index (χ4n) is 4.95. The van der Waals surface area contributed by atoms with Gasteiger partial charge in [-0.05, 0) is 49.9 Å². The smallest absolute Gasteiger partial charge is 0.349 e. The van der Waals surface area contributed by atoms with Gasteiger partial charge >= 0.3 is 5.63 Å². The highest BCUT2D eigenvalue weighted by Crippen LogP contribution is 2.31. The number of piperidine rings is 1. The third-order valence-electron chi connectivity index (χ3n) is 6.49. The number of hydrogen-bond donors (Lipinski definition) is 0. The van der Waals surface area contributed by atoms with Gasteiger partial charge in [0.1, 0.15) is 17.0 Å². The van der Waals surface area contributed by atoms with E-state index >= 15 is 0 Å². The highest BCUT2D eigenvalue weighted by molar-refractivity contribution is 5.99. The van der Waals surface area contributed by atoms with Gasteiger partial charge in [-0.2, -0.15) is 0 Å². The van der Waals surface area contributed by atoms with Crippen LogP contribution in [0.1, 0.15) is 53.8 Å². The molecule has 1 unspecified atom stereocenters. The summed E-state index contributed by atoms with van der Waals surface area (Å²) in [5.74, 6) is 0.928. The predicted octanol–water partition coefficient (Wildman–Crippen LogP) is 4.88. The molecule has 0 spiro atoms. The zero-order valence-electron chi connectivity index (χ0n) is 18.5. The van der Waals surface area contributed by atoms with Crippen LogP contribution in [0.3, 0.4) is 0 Å². The van der Waals surface area contributed by atoms with Crippen LogP contribution in [-0.2, 0) is 6.54 Å². The lowest BCUT2D eigenvalue weighted by atomic mass is 9.95. The number of amides is 1. The van der Waals surface area contributed by atoms with Gasteiger partial charge in [-0.3, -0.25) is 4.79 Å². The van der Waals surface area contributed by atoms with Gasteiger partial charge in [0.2, 0.25) is 0 Å². The molecule has 0 saturated carbocycles. The second-order valence-electron chi connectivity index (χ2n) is 8.59. The van der Waals surface area contributed by atoms with Crippen LogP contribution in [0.15, 0.2) is 57.7 Å². The number of fused-ring (bicyclic) bond motifs is 2. The molecular weight excluding hydrogens is 402 g/mol. The third-order valence-corrected chi connectivity index (χ3v) is 6.49. The first-order chi connectivity index (χ1) is 15.6. The van der Waals surface area contributed by atoms with Crippen molar-refractivity contribution in [1.29, 1.82) is 0 Å². The van der Waals surface area contributed by atoms with Crippen LogP contribution < -0.4 is 5.63 Å².